The van der Waals surface area contributed by atoms with E-state index in [1.54, 1.807) is 83.1 Å². The molecule has 1 aliphatic heterocycles. The molecule has 0 saturated carbocycles. The fourth-order valence-corrected chi connectivity index (χ4v) is 4.73. The Balaban J connectivity index is 3.77. The number of nitrogens with zero attached hydrogens (tertiary/aromatic N) is 1. The first-order valence-corrected chi connectivity index (χ1v) is 15.2. The highest BCUT2D eigenvalue weighted by Gasteiger charge is 2.42. The third-order valence-electron chi connectivity index (χ3n) is 7.38. The van der Waals surface area contributed by atoms with Gasteiger partial charge in [0, 0.05) is 7.05 Å². The average molecular weight is 612 g/mol. The molecule has 3 amide bonds. The van der Waals surface area contributed by atoms with E-state index in [0.29, 0.717) is 0 Å². The number of rotatable bonds is 6. The molecule has 6 atom stereocenters. The largest absolute Gasteiger partial charge is 0.450 e. The smallest absolute Gasteiger partial charge is 0.329 e. The van der Waals surface area contributed by atoms with Crippen molar-refractivity contribution < 1.29 is 43.0 Å². The van der Waals surface area contributed by atoms with Crippen molar-refractivity contribution in [3.05, 3.63) is 0 Å². The Morgan fingerprint density at radius 2 is 0.814 bits per heavy atom. The minimum atomic E-state index is -1.29. The molecule has 0 aromatic carbocycles. The molecule has 0 radical (unpaired) electrons. The number of ether oxygens (including phenoxy) is 3. The lowest BCUT2D eigenvalue weighted by Gasteiger charge is -2.35. The van der Waals surface area contributed by atoms with E-state index in [9.17, 15) is 28.8 Å². The number of nitrogens with one attached hydrogen (secondary N) is 2. The van der Waals surface area contributed by atoms with Crippen molar-refractivity contribution in [3.8, 4) is 0 Å². The Bertz CT molecular complexity index is 1020. The van der Waals surface area contributed by atoms with Gasteiger partial charge in [0.15, 0.2) is 18.3 Å². The van der Waals surface area contributed by atoms with E-state index in [1.807, 2.05) is 0 Å². The third-order valence-corrected chi connectivity index (χ3v) is 7.38. The van der Waals surface area contributed by atoms with Crippen LogP contribution in [0, 0.1) is 35.5 Å². The number of esters is 3. The molecule has 246 valence electrons. The molecular weight excluding hydrogens is 558 g/mol. The van der Waals surface area contributed by atoms with Crippen molar-refractivity contribution in [1.82, 2.24) is 15.5 Å². The van der Waals surface area contributed by atoms with E-state index in [0.717, 1.165) is 0 Å². The van der Waals surface area contributed by atoms with Crippen LogP contribution in [0.5, 0.6) is 0 Å². The average Bonchev–Trinajstić information content (AvgIpc) is 2.87. The Morgan fingerprint density at radius 1 is 0.488 bits per heavy atom. The normalized spacial score (nSPS) is 27.7. The van der Waals surface area contributed by atoms with E-state index >= 15 is 0 Å². The lowest BCUT2D eigenvalue weighted by atomic mass is 9.98. The quantitative estimate of drug-likeness (QED) is 0.340. The fourth-order valence-electron chi connectivity index (χ4n) is 4.73. The van der Waals surface area contributed by atoms with Gasteiger partial charge in [0.1, 0.15) is 18.1 Å². The number of carbonyl (C=O) groups is 6. The van der Waals surface area contributed by atoms with Gasteiger partial charge >= 0.3 is 17.9 Å². The molecule has 2 N–H and O–H groups in total. The molecule has 12 nitrogen and oxygen atoms in total. The summed E-state index contributed by atoms with van der Waals surface area (Å²) < 4.78 is 17.0. The molecule has 1 heterocycles. The van der Waals surface area contributed by atoms with Gasteiger partial charge in [-0.05, 0) is 35.5 Å². The molecule has 6 unspecified atom stereocenters. The monoisotopic (exact) mass is 611 g/mol. The van der Waals surface area contributed by atoms with E-state index < -0.39 is 108 Å². The fraction of sp³-hybridized carbons (Fsp3) is 0.806. The Kier molecular flexibility index (Phi) is 14.1. The van der Waals surface area contributed by atoms with Gasteiger partial charge in [-0.3, -0.25) is 14.4 Å². The van der Waals surface area contributed by atoms with Crippen LogP contribution in [-0.2, 0) is 43.0 Å². The van der Waals surface area contributed by atoms with Crippen LogP contribution in [0.25, 0.3) is 0 Å². The van der Waals surface area contributed by atoms with E-state index in [4.69, 9.17) is 14.2 Å². The van der Waals surface area contributed by atoms with Gasteiger partial charge in [0.05, 0.1) is 0 Å². The maximum absolute atomic E-state index is 13.7. The van der Waals surface area contributed by atoms with Crippen molar-refractivity contribution in [1.29, 1.82) is 0 Å². The van der Waals surface area contributed by atoms with E-state index in [2.05, 4.69) is 10.6 Å². The van der Waals surface area contributed by atoms with Gasteiger partial charge in [-0.1, -0.05) is 83.1 Å². The molecule has 1 aliphatic rings. The van der Waals surface area contributed by atoms with Crippen LogP contribution in [0.2, 0.25) is 0 Å². The maximum Gasteiger partial charge on any atom is 0.329 e. The highest BCUT2D eigenvalue weighted by molar-refractivity contribution is 5.94. The van der Waals surface area contributed by atoms with Crippen LogP contribution in [0.3, 0.4) is 0 Å². The number of amides is 3. The zero-order chi connectivity index (χ0) is 33.5. The van der Waals surface area contributed by atoms with Crippen molar-refractivity contribution in [2.45, 2.75) is 120 Å². The minimum absolute atomic E-state index is 0.430. The summed E-state index contributed by atoms with van der Waals surface area (Å²) in [5.41, 5.74) is 0. The van der Waals surface area contributed by atoms with Crippen molar-refractivity contribution in [2.75, 3.05) is 7.05 Å². The molecule has 0 aromatic rings. The standard InChI is InChI=1S/C31H53N3O9/c1-14(2)20-29(38)41-23(17(7)8)26(35)33-21(15(3)4)30(39)43-25(19(11)12)28(37)34(13)22(16(5)6)31(40)42-24(18(9)10)27(36)32-20/h14-25H,1-13H3,(H,32,36)(H,33,35). The van der Waals surface area contributed by atoms with Gasteiger partial charge < -0.3 is 29.7 Å². The van der Waals surface area contributed by atoms with Gasteiger partial charge in [0.25, 0.3) is 17.7 Å². The van der Waals surface area contributed by atoms with Crippen LogP contribution < -0.4 is 10.6 Å². The molecule has 43 heavy (non-hydrogen) atoms. The van der Waals surface area contributed by atoms with Crippen LogP contribution in [-0.4, -0.2) is 84.0 Å². The lowest BCUT2D eigenvalue weighted by molar-refractivity contribution is -0.175. The zero-order valence-electron chi connectivity index (χ0n) is 28.0. The summed E-state index contributed by atoms with van der Waals surface area (Å²) in [4.78, 5) is 82.1. The second-order valence-corrected chi connectivity index (χ2v) is 13.4. The van der Waals surface area contributed by atoms with Gasteiger partial charge in [-0.15, -0.1) is 0 Å². The van der Waals surface area contributed by atoms with Crippen molar-refractivity contribution in [2.24, 2.45) is 35.5 Å². The van der Waals surface area contributed by atoms with Gasteiger partial charge in [-0.2, -0.15) is 0 Å². The highest BCUT2D eigenvalue weighted by Crippen LogP contribution is 2.21. The first-order valence-electron chi connectivity index (χ1n) is 15.2. The maximum atomic E-state index is 13.7. The molecule has 12 heteroatoms. The summed E-state index contributed by atoms with van der Waals surface area (Å²) in [5.74, 6) is -7.33. The van der Waals surface area contributed by atoms with Crippen molar-refractivity contribution >= 4 is 35.6 Å². The second-order valence-electron chi connectivity index (χ2n) is 13.4. The first-order chi connectivity index (χ1) is 19.7. The predicted octanol–water partition coefficient (Wildman–Crippen LogP) is 2.47. The topological polar surface area (TPSA) is 157 Å². The Labute approximate surface area is 256 Å². The number of likely N-dealkylation sites (N-methyl/N-ethyl adjacent to an activating group) is 1. The number of cyclic esters (lactones) is 3. The number of carbonyl (C=O) groups excluding carboxylic acids is 6. The molecule has 1 saturated heterocycles. The van der Waals surface area contributed by atoms with Crippen LogP contribution in [0.15, 0.2) is 0 Å². The van der Waals surface area contributed by atoms with E-state index in [-0.39, 0.29) is 0 Å². The first kappa shape index (κ1) is 37.8. The second kappa shape index (κ2) is 16.0. The molecule has 0 spiro atoms. The van der Waals surface area contributed by atoms with Gasteiger partial charge in [0.2, 0.25) is 0 Å². The summed E-state index contributed by atoms with van der Waals surface area (Å²) in [6.45, 7) is 20.4. The van der Waals surface area contributed by atoms with Crippen LogP contribution >= 0.6 is 0 Å². The highest BCUT2D eigenvalue weighted by atomic mass is 16.6. The lowest BCUT2D eigenvalue weighted by Crippen LogP contribution is -2.57. The van der Waals surface area contributed by atoms with Crippen molar-refractivity contribution in [3.63, 3.8) is 0 Å². The zero-order valence-corrected chi connectivity index (χ0v) is 28.0. The summed E-state index contributed by atoms with van der Waals surface area (Å²) in [7, 11) is 1.42. The van der Waals surface area contributed by atoms with Crippen LogP contribution in [0.4, 0.5) is 0 Å². The summed E-state index contributed by atoms with van der Waals surface area (Å²) in [6.07, 6.45) is -3.86. The molecular formula is C31H53N3O9. The number of hydrogen-bond donors (Lipinski definition) is 2. The molecule has 0 aliphatic carbocycles. The minimum Gasteiger partial charge on any atom is -0.450 e. The van der Waals surface area contributed by atoms with Gasteiger partial charge in [-0.25, -0.2) is 14.4 Å². The SMILES string of the molecule is CC(C)C1NC(=O)C(C(C)C)OC(=O)C(C(C)C)N(C)C(=O)C(C(C)C)OC(=O)C(C(C)C)NC(=O)C(C(C)C)OC1=O. The summed E-state index contributed by atoms with van der Waals surface area (Å²) >= 11 is 0. The number of hydrogen-bond acceptors (Lipinski definition) is 9. The molecule has 0 bridgehead atoms. The summed E-state index contributed by atoms with van der Waals surface area (Å²) in [6, 6.07) is -3.44. The molecule has 1 rings (SSSR count). The summed E-state index contributed by atoms with van der Waals surface area (Å²) in [5, 5.41) is 5.28. The van der Waals surface area contributed by atoms with Crippen LogP contribution in [0.1, 0.15) is 83.1 Å². The molecule has 0 aromatic heterocycles. The van der Waals surface area contributed by atoms with E-state index in [1.165, 1.54) is 11.9 Å². The third kappa shape index (κ3) is 9.92. The molecule has 1 fully saturated rings. The predicted molar refractivity (Wildman–Crippen MR) is 159 cm³/mol. The Morgan fingerprint density at radius 3 is 1.12 bits per heavy atom. The Hall–Kier alpha value is -3.18.